The van der Waals surface area contributed by atoms with Crippen LogP contribution in [0.1, 0.15) is 38.5 Å². The minimum Gasteiger partial charge on any atom is -0.314 e. The fourth-order valence-electron chi connectivity index (χ4n) is 3.24. The molecule has 0 aromatic rings. The first-order chi connectivity index (χ1) is 8.54. The number of rotatable bonds is 4. The van der Waals surface area contributed by atoms with Gasteiger partial charge in [-0.2, -0.15) is 13.2 Å². The Hall–Kier alpha value is -0.290. The lowest BCUT2D eigenvalue weighted by Gasteiger charge is -2.35. The Balaban J connectivity index is 1.69. The number of hydrogen-bond donors (Lipinski definition) is 1. The van der Waals surface area contributed by atoms with E-state index in [9.17, 15) is 13.2 Å². The van der Waals surface area contributed by atoms with Gasteiger partial charge in [-0.15, -0.1) is 0 Å². The number of halogens is 3. The number of piperidine rings is 1. The molecule has 0 aromatic carbocycles. The van der Waals surface area contributed by atoms with Crippen molar-refractivity contribution in [3.8, 4) is 0 Å². The molecule has 2 aliphatic rings. The maximum Gasteiger partial charge on any atom is 0.389 e. The van der Waals surface area contributed by atoms with Gasteiger partial charge >= 0.3 is 6.18 Å². The highest BCUT2D eigenvalue weighted by Crippen LogP contribution is 2.26. The van der Waals surface area contributed by atoms with Gasteiger partial charge in [0.1, 0.15) is 0 Å². The summed E-state index contributed by atoms with van der Waals surface area (Å²) in [6.45, 7) is 3.66. The van der Waals surface area contributed by atoms with Crippen LogP contribution in [-0.2, 0) is 0 Å². The Morgan fingerprint density at radius 1 is 1.17 bits per heavy atom. The van der Waals surface area contributed by atoms with Crippen LogP contribution < -0.4 is 5.32 Å². The van der Waals surface area contributed by atoms with E-state index in [0.29, 0.717) is 18.5 Å². The first kappa shape index (κ1) is 14.1. The molecule has 2 heterocycles. The minimum atomic E-state index is -4.00. The highest BCUT2D eigenvalue weighted by Gasteiger charge is 2.30. The van der Waals surface area contributed by atoms with Gasteiger partial charge in [0.25, 0.3) is 0 Å². The summed E-state index contributed by atoms with van der Waals surface area (Å²) in [7, 11) is 0. The van der Waals surface area contributed by atoms with Gasteiger partial charge in [0, 0.05) is 19.0 Å². The van der Waals surface area contributed by atoms with Crippen LogP contribution in [0.5, 0.6) is 0 Å². The van der Waals surface area contributed by atoms with E-state index < -0.39 is 12.6 Å². The van der Waals surface area contributed by atoms with Gasteiger partial charge in [0.2, 0.25) is 0 Å². The smallest absolute Gasteiger partial charge is 0.314 e. The average molecular weight is 264 g/mol. The zero-order chi connectivity index (χ0) is 13.0. The van der Waals surface area contributed by atoms with Crippen LogP contribution in [-0.4, -0.2) is 43.3 Å². The molecule has 5 heteroatoms. The molecule has 2 fully saturated rings. The predicted molar refractivity (Wildman–Crippen MR) is 65.5 cm³/mol. The van der Waals surface area contributed by atoms with Crippen LogP contribution in [0.2, 0.25) is 0 Å². The first-order valence-electron chi connectivity index (χ1n) is 7.07. The van der Waals surface area contributed by atoms with E-state index in [-0.39, 0.29) is 6.42 Å². The summed E-state index contributed by atoms with van der Waals surface area (Å²) in [4.78, 5) is 2.22. The molecule has 106 valence electrons. The molecule has 2 saturated heterocycles. The third kappa shape index (κ3) is 4.43. The lowest BCUT2D eigenvalue weighted by atomic mass is 9.89. The van der Waals surface area contributed by atoms with Crippen LogP contribution in [0, 0.1) is 5.92 Å². The van der Waals surface area contributed by atoms with Gasteiger partial charge in [-0.1, -0.05) is 0 Å². The second-order valence-electron chi connectivity index (χ2n) is 5.62. The highest BCUT2D eigenvalue weighted by atomic mass is 19.4. The van der Waals surface area contributed by atoms with Crippen molar-refractivity contribution in [3.63, 3.8) is 0 Å². The van der Waals surface area contributed by atoms with E-state index in [4.69, 9.17) is 0 Å². The van der Waals surface area contributed by atoms with E-state index in [1.807, 2.05) is 0 Å². The van der Waals surface area contributed by atoms with Crippen LogP contribution in [0.3, 0.4) is 0 Å². The average Bonchev–Trinajstić information content (AvgIpc) is 2.81. The number of nitrogens with zero attached hydrogens (tertiary/aromatic N) is 1. The van der Waals surface area contributed by atoms with E-state index in [0.717, 1.165) is 26.1 Å². The quantitative estimate of drug-likeness (QED) is 0.840. The molecule has 0 radical (unpaired) electrons. The topological polar surface area (TPSA) is 15.3 Å². The molecule has 2 nitrogen and oxygen atoms in total. The Labute approximate surface area is 107 Å². The molecule has 2 aliphatic heterocycles. The zero-order valence-corrected chi connectivity index (χ0v) is 10.8. The van der Waals surface area contributed by atoms with Gasteiger partial charge in [-0.3, -0.25) is 0 Å². The number of hydrogen-bond acceptors (Lipinski definition) is 2. The molecule has 0 aliphatic carbocycles. The second kappa shape index (κ2) is 6.24. The molecule has 2 unspecified atom stereocenters. The normalized spacial score (nSPS) is 30.8. The third-order valence-corrected chi connectivity index (χ3v) is 4.14. The van der Waals surface area contributed by atoms with Crippen molar-refractivity contribution in [3.05, 3.63) is 0 Å². The SMILES string of the molecule is FC(F)(F)CCCN1CCCC(C2CCCN2)C1. The Morgan fingerprint density at radius 3 is 2.67 bits per heavy atom. The summed E-state index contributed by atoms with van der Waals surface area (Å²) in [6.07, 6.45) is 0.449. The number of nitrogens with one attached hydrogen (secondary N) is 1. The van der Waals surface area contributed by atoms with Crippen molar-refractivity contribution in [1.82, 2.24) is 10.2 Å². The lowest BCUT2D eigenvalue weighted by molar-refractivity contribution is -0.136. The van der Waals surface area contributed by atoms with Crippen molar-refractivity contribution in [2.45, 2.75) is 50.7 Å². The molecule has 0 bridgehead atoms. The molecular formula is C13H23F3N2. The van der Waals surface area contributed by atoms with Crippen LogP contribution >= 0.6 is 0 Å². The highest BCUT2D eigenvalue weighted by molar-refractivity contribution is 4.86. The molecule has 0 amide bonds. The maximum absolute atomic E-state index is 12.1. The summed E-state index contributed by atoms with van der Waals surface area (Å²) in [6, 6.07) is 0.607. The molecule has 0 aromatic heterocycles. The number of alkyl halides is 3. The number of likely N-dealkylation sites (tertiary alicyclic amines) is 1. The van der Waals surface area contributed by atoms with Crippen molar-refractivity contribution in [2.24, 2.45) is 5.92 Å². The van der Waals surface area contributed by atoms with Gasteiger partial charge < -0.3 is 10.2 Å². The Kier molecular flexibility index (Phi) is 4.90. The van der Waals surface area contributed by atoms with E-state index in [1.165, 1.54) is 19.3 Å². The monoisotopic (exact) mass is 264 g/mol. The Morgan fingerprint density at radius 2 is 2.00 bits per heavy atom. The molecule has 1 N–H and O–H groups in total. The first-order valence-corrected chi connectivity index (χ1v) is 7.07. The summed E-state index contributed by atoms with van der Waals surface area (Å²) in [5.74, 6) is 0.645. The van der Waals surface area contributed by atoms with Gasteiger partial charge in [0.05, 0.1) is 0 Å². The van der Waals surface area contributed by atoms with Crippen LogP contribution in [0.4, 0.5) is 13.2 Å². The van der Waals surface area contributed by atoms with E-state index in [2.05, 4.69) is 10.2 Å². The minimum absolute atomic E-state index is 0.244. The summed E-state index contributed by atoms with van der Waals surface area (Å²) in [5.41, 5.74) is 0. The summed E-state index contributed by atoms with van der Waals surface area (Å²) < 4.78 is 36.3. The molecular weight excluding hydrogens is 241 g/mol. The Bertz CT molecular complexity index is 249. The molecule has 2 atom stereocenters. The van der Waals surface area contributed by atoms with Crippen molar-refractivity contribution >= 4 is 0 Å². The molecule has 0 spiro atoms. The standard InChI is InChI=1S/C13H23F3N2/c14-13(15,16)6-3-9-18-8-2-4-11(10-18)12-5-1-7-17-12/h11-12,17H,1-10H2. The van der Waals surface area contributed by atoms with Gasteiger partial charge in [-0.05, 0) is 57.7 Å². The van der Waals surface area contributed by atoms with E-state index in [1.54, 1.807) is 0 Å². The fourth-order valence-corrected chi connectivity index (χ4v) is 3.24. The summed E-state index contributed by atoms with van der Waals surface area (Å²) in [5, 5.41) is 3.52. The van der Waals surface area contributed by atoms with Crippen LogP contribution in [0.25, 0.3) is 0 Å². The predicted octanol–water partition coefficient (Wildman–Crippen LogP) is 2.79. The molecule has 18 heavy (non-hydrogen) atoms. The maximum atomic E-state index is 12.1. The van der Waals surface area contributed by atoms with Gasteiger partial charge in [-0.25, -0.2) is 0 Å². The molecule has 2 rings (SSSR count). The fraction of sp³-hybridized carbons (Fsp3) is 1.00. The van der Waals surface area contributed by atoms with Crippen molar-refractivity contribution in [2.75, 3.05) is 26.2 Å². The zero-order valence-electron chi connectivity index (χ0n) is 10.8. The van der Waals surface area contributed by atoms with Crippen molar-refractivity contribution < 1.29 is 13.2 Å². The summed E-state index contributed by atoms with van der Waals surface area (Å²) >= 11 is 0. The van der Waals surface area contributed by atoms with Gasteiger partial charge in [0.15, 0.2) is 0 Å². The van der Waals surface area contributed by atoms with Crippen molar-refractivity contribution in [1.29, 1.82) is 0 Å². The lowest BCUT2D eigenvalue weighted by Crippen LogP contribution is -2.43. The molecule has 0 saturated carbocycles. The third-order valence-electron chi connectivity index (χ3n) is 4.14. The second-order valence-corrected chi connectivity index (χ2v) is 5.62. The largest absolute Gasteiger partial charge is 0.389 e. The van der Waals surface area contributed by atoms with E-state index >= 15 is 0 Å². The van der Waals surface area contributed by atoms with Crippen LogP contribution in [0.15, 0.2) is 0 Å².